The minimum Gasteiger partial charge on any atom is -0.492 e. The average Bonchev–Trinajstić information content (AvgIpc) is 2.25. The van der Waals surface area contributed by atoms with Crippen LogP contribution in [0.1, 0.15) is 17.3 Å². The lowest BCUT2D eigenvalue weighted by molar-refractivity contribution is 0.0596. The summed E-state index contributed by atoms with van der Waals surface area (Å²) in [5, 5.41) is 0. The van der Waals surface area contributed by atoms with Crippen molar-refractivity contribution in [2.75, 3.05) is 13.7 Å². The second kappa shape index (κ2) is 5.75. The van der Waals surface area contributed by atoms with Gasteiger partial charge in [0, 0.05) is 4.83 Å². The summed E-state index contributed by atoms with van der Waals surface area (Å²) in [5.74, 6) is 0.170. The van der Waals surface area contributed by atoms with E-state index in [2.05, 4.69) is 20.7 Å². The van der Waals surface area contributed by atoms with Crippen molar-refractivity contribution in [2.45, 2.75) is 11.8 Å². The lowest BCUT2D eigenvalue weighted by Crippen LogP contribution is -2.10. The van der Waals surface area contributed by atoms with Crippen molar-refractivity contribution in [2.24, 2.45) is 0 Å². The Hall–Kier alpha value is -1.03. The van der Waals surface area contributed by atoms with Crippen molar-refractivity contribution in [3.63, 3.8) is 0 Å². The molecule has 0 aromatic heterocycles. The molecule has 15 heavy (non-hydrogen) atoms. The van der Waals surface area contributed by atoms with Crippen LogP contribution in [-0.4, -0.2) is 24.5 Å². The van der Waals surface area contributed by atoms with Crippen LogP contribution in [-0.2, 0) is 4.74 Å². The lowest BCUT2D eigenvalue weighted by atomic mass is 10.2. The number of ether oxygens (including phenoxy) is 2. The zero-order valence-electron chi connectivity index (χ0n) is 8.70. The van der Waals surface area contributed by atoms with Crippen LogP contribution in [0.5, 0.6) is 5.75 Å². The summed E-state index contributed by atoms with van der Waals surface area (Å²) in [6.07, 6.45) is 0. The summed E-state index contributed by atoms with van der Waals surface area (Å²) < 4.78 is 10.1. The zero-order chi connectivity index (χ0) is 11.3. The maximum atomic E-state index is 11.4. The van der Waals surface area contributed by atoms with Crippen LogP contribution in [0, 0.1) is 0 Å². The molecular formula is C11H13BrO3. The van der Waals surface area contributed by atoms with Gasteiger partial charge in [0.2, 0.25) is 0 Å². The van der Waals surface area contributed by atoms with E-state index in [9.17, 15) is 4.79 Å². The predicted molar refractivity (Wildman–Crippen MR) is 61.7 cm³/mol. The summed E-state index contributed by atoms with van der Waals surface area (Å²) in [4.78, 5) is 11.6. The molecule has 0 aliphatic carbocycles. The maximum Gasteiger partial charge on any atom is 0.341 e. The molecule has 1 aromatic carbocycles. The first-order valence-corrected chi connectivity index (χ1v) is 5.51. The number of carbonyl (C=O) groups excluding carboxylic acids is 1. The van der Waals surface area contributed by atoms with Gasteiger partial charge in [-0.05, 0) is 19.1 Å². The van der Waals surface area contributed by atoms with Crippen LogP contribution in [0.4, 0.5) is 0 Å². The number of methoxy groups -OCH3 is 1. The summed E-state index contributed by atoms with van der Waals surface area (Å²) in [7, 11) is 1.35. The molecule has 0 radical (unpaired) electrons. The number of benzene rings is 1. The van der Waals surface area contributed by atoms with Crippen LogP contribution >= 0.6 is 15.9 Å². The number of alkyl halides is 1. The van der Waals surface area contributed by atoms with Crippen LogP contribution < -0.4 is 4.74 Å². The third-order valence-electron chi connectivity index (χ3n) is 1.76. The van der Waals surface area contributed by atoms with E-state index in [0.717, 1.165) is 0 Å². The summed E-state index contributed by atoms with van der Waals surface area (Å²) in [5.41, 5.74) is 0.452. The fourth-order valence-electron chi connectivity index (χ4n) is 1.08. The van der Waals surface area contributed by atoms with E-state index < -0.39 is 0 Å². The minimum absolute atomic E-state index is 0.239. The van der Waals surface area contributed by atoms with Crippen molar-refractivity contribution in [1.82, 2.24) is 0 Å². The Morgan fingerprint density at radius 2 is 2.13 bits per heavy atom. The van der Waals surface area contributed by atoms with Crippen LogP contribution in [0.3, 0.4) is 0 Å². The van der Waals surface area contributed by atoms with E-state index in [1.54, 1.807) is 18.2 Å². The Morgan fingerprint density at radius 1 is 1.47 bits per heavy atom. The molecule has 0 saturated carbocycles. The number of esters is 1. The van der Waals surface area contributed by atoms with E-state index in [4.69, 9.17) is 4.74 Å². The highest BCUT2D eigenvalue weighted by molar-refractivity contribution is 9.09. The molecule has 0 saturated heterocycles. The number of carbonyl (C=O) groups is 1. The zero-order valence-corrected chi connectivity index (χ0v) is 10.3. The van der Waals surface area contributed by atoms with E-state index in [0.29, 0.717) is 17.9 Å². The highest BCUT2D eigenvalue weighted by Crippen LogP contribution is 2.19. The van der Waals surface area contributed by atoms with Crippen molar-refractivity contribution in [3.05, 3.63) is 29.8 Å². The second-order valence-electron chi connectivity index (χ2n) is 3.08. The van der Waals surface area contributed by atoms with Crippen molar-refractivity contribution in [3.8, 4) is 5.75 Å². The molecule has 0 aliphatic heterocycles. The monoisotopic (exact) mass is 272 g/mol. The van der Waals surface area contributed by atoms with Gasteiger partial charge in [0.15, 0.2) is 0 Å². The Labute approximate surface area is 97.5 Å². The van der Waals surface area contributed by atoms with Gasteiger partial charge in [-0.3, -0.25) is 0 Å². The first kappa shape index (κ1) is 12.0. The van der Waals surface area contributed by atoms with Gasteiger partial charge in [0.1, 0.15) is 17.9 Å². The van der Waals surface area contributed by atoms with Crippen LogP contribution in [0.25, 0.3) is 0 Å². The highest BCUT2D eigenvalue weighted by atomic mass is 79.9. The molecule has 0 heterocycles. The van der Waals surface area contributed by atoms with Gasteiger partial charge in [0.05, 0.1) is 7.11 Å². The van der Waals surface area contributed by atoms with Gasteiger partial charge in [-0.25, -0.2) is 4.79 Å². The number of halogens is 1. The van der Waals surface area contributed by atoms with E-state index in [1.807, 2.05) is 13.0 Å². The predicted octanol–water partition coefficient (Wildman–Crippen LogP) is 2.64. The molecular weight excluding hydrogens is 260 g/mol. The molecule has 1 rings (SSSR count). The fourth-order valence-corrected chi connectivity index (χ4v) is 1.21. The first-order chi connectivity index (χ1) is 7.15. The van der Waals surface area contributed by atoms with Gasteiger partial charge < -0.3 is 9.47 Å². The standard InChI is InChI=1S/C11H13BrO3/c1-8(12)7-15-10-6-4-3-5-9(10)11(13)14-2/h3-6,8H,7H2,1-2H3. The molecule has 1 unspecified atom stereocenters. The second-order valence-corrected chi connectivity index (χ2v) is 4.64. The summed E-state index contributed by atoms with van der Waals surface area (Å²) >= 11 is 3.37. The molecule has 1 aromatic rings. The third-order valence-corrected chi connectivity index (χ3v) is 2.03. The molecule has 82 valence electrons. The van der Waals surface area contributed by atoms with Crippen molar-refractivity contribution in [1.29, 1.82) is 0 Å². The fraction of sp³-hybridized carbons (Fsp3) is 0.364. The minimum atomic E-state index is -0.382. The molecule has 0 spiro atoms. The Bertz CT molecular complexity index is 336. The van der Waals surface area contributed by atoms with Crippen molar-refractivity contribution >= 4 is 21.9 Å². The smallest absolute Gasteiger partial charge is 0.341 e. The van der Waals surface area contributed by atoms with Crippen molar-refractivity contribution < 1.29 is 14.3 Å². The molecule has 0 fully saturated rings. The third kappa shape index (κ3) is 3.55. The molecule has 0 aliphatic rings. The first-order valence-electron chi connectivity index (χ1n) is 4.59. The van der Waals surface area contributed by atoms with Gasteiger partial charge >= 0.3 is 5.97 Å². The SMILES string of the molecule is COC(=O)c1ccccc1OCC(C)Br. The van der Waals surface area contributed by atoms with E-state index >= 15 is 0 Å². The number of rotatable bonds is 4. The molecule has 1 atom stereocenters. The van der Waals surface area contributed by atoms with E-state index in [-0.39, 0.29) is 10.8 Å². The van der Waals surface area contributed by atoms with E-state index in [1.165, 1.54) is 7.11 Å². The van der Waals surface area contributed by atoms with Crippen LogP contribution in [0.2, 0.25) is 0 Å². The van der Waals surface area contributed by atoms with Gasteiger partial charge in [-0.2, -0.15) is 0 Å². The van der Waals surface area contributed by atoms with Gasteiger partial charge in [-0.1, -0.05) is 28.1 Å². The molecule has 4 heteroatoms. The van der Waals surface area contributed by atoms with Gasteiger partial charge in [0.25, 0.3) is 0 Å². The molecule has 3 nitrogen and oxygen atoms in total. The number of para-hydroxylation sites is 1. The summed E-state index contributed by atoms with van der Waals surface area (Å²) in [6, 6.07) is 7.03. The molecule has 0 bridgehead atoms. The number of hydrogen-bond acceptors (Lipinski definition) is 3. The average molecular weight is 273 g/mol. The largest absolute Gasteiger partial charge is 0.492 e. The highest BCUT2D eigenvalue weighted by Gasteiger charge is 2.12. The Morgan fingerprint density at radius 3 is 2.73 bits per heavy atom. The van der Waals surface area contributed by atoms with Gasteiger partial charge in [-0.15, -0.1) is 0 Å². The molecule has 0 amide bonds. The summed E-state index contributed by atoms with van der Waals surface area (Å²) in [6.45, 7) is 2.48. The van der Waals surface area contributed by atoms with Crippen LogP contribution in [0.15, 0.2) is 24.3 Å². The lowest BCUT2D eigenvalue weighted by Gasteiger charge is -2.10. The topological polar surface area (TPSA) is 35.5 Å². The molecule has 0 N–H and O–H groups in total. The number of hydrogen-bond donors (Lipinski definition) is 0. The maximum absolute atomic E-state index is 11.4. The normalized spacial score (nSPS) is 11.9. The Kier molecular flexibility index (Phi) is 4.62. The Balaban J connectivity index is 2.81. The quantitative estimate of drug-likeness (QED) is 0.625.